The van der Waals surface area contributed by atoms with Crippen molar-refractivity contribution in [2.75, 3.05) is 30.8 Å². The Morgan fingerprint density at radius 3 is 2.20 bits per heavy atom. The van der Waals surface area contributed by atoms with Crippen molar-refractivity contribution in [1.29, 1.82) is 0 Å². The van der Waals surface area contributed by atoms with Crippen molar-refractivity contribution in [2.45, 2.75) is 52.1 Å². The number of ether oxygens (including phenoxy) is 1. The molecule has 8 nitrogen and oxygen atoms in total. The summed E-state index contributed by atoms with van der Waals surface area (Å²) in [6.45, 7) is 4.68. The predicted octanol–water partition coefficient (Wildman–Crippen LogP) is 4.58. The number of sulfonamides is 1. The number of carbonyl (C=O) groups is 2. The van der Waals surface area contributed by atoms with E-state index in [1.165, 1.54) is 10.6 Å². The molecule has 0 aliphatic rings. The molecule has 0 saturated heterocycles. The van der Waals surface area contributed by atoms with Gasteiger partial charge in [-0.25, -0.2) is 8.42 Å². The van der Waals surface area contributed by atoms with Crippen molar-refractivity contribution in [3.63, 3.8) is 0 Å². The standard InChI is InChI=1S/C32H41N3O5S/c1-5-25-17-19-28(20-18-25)35(41(4,38)39)21-11-16-31(36)34(24-27-14-10-15-29(22-27)40-3)30(32(37)33-6-2)23-26-12-8-7-9-13-26/h7-10,12-15,17-20,22,30H,5-6,11,16,21,23-24H2,1-4H3,(H,33,37)/t30-/m1/s1. The van der Waals surface area contributed by atoms with Gasteiger partial charge in [0.1, 0.15) is 11.8 Å². The van der Waals surface area contributed by atoms with Crippen LogP contribution in [0, 0.1) is 0 Å². The highest BCUT2D eigenvalue weighted by atomic mass is 32.2. The minimum atomic E-state index is -3.56. The summed E-state index contributed by atoms with van der Waals surface area (Å²) in [4.78, 5) is 28.8. The van der Waals surface area contributed by atoms with E-state index < -0.39 is 16.1 Å². The second-order valence-electron chi connectivity index (χ2n) is 9.93. The first-order valence-electron chi connectivity index (χ1n) is 14.0. The molecule has 220 valence electrons. The van der Waals surface area contributed by atoms with Crippen molar-refractivity contribution in [2.24, 2.45) is 0 Å². The van der Waals surface area contributed by atoms with Gasteiger partial charge in [0.2, 0.25) is 21.8 Å². The van der Waals surface area contributed by atoms with Crippen molar-refractivity contribution >= 4 is 27.5 Å². The van der Waals surface area contributed by atoms with Crippen LogP contribution in [0.15, 0.2) is 78.9 Å². The lowest BCUT2D eigenvalue weighted by molar-refractivity contribution is -0.141. The molecule has 2 amide bonds. The molecule has 0 radical (unpaired) electrons. The van der Waals surface area contributed by atoms with Crippen LogP contribution in [0.1, 0.15) is 43.4 Å². The second kappa shape index (κ2) is 15.2. The Balaban J connectivity index is 1.86. The molecular formula is C32H41N3O5S. The quantitative estimate of drug-likeness (QED) is 0.284. The van der Waals surface area contributed by atoms with Crippen LogP contribution >= 0.6 is 0 Å². The highest BCUT2D eigenvalue weighted by Gasteiger charge is 2.30. The number of anilines is 1. The van der Waals surface area contributed by atoms with Crippen molar-refractivity contribution in [3.05, 3.63) is 95.6 Å². The van der Waals surface area contributed by atoms with E-state index in [0.29, 0.717) is 30.8 Å². The average Bonchev–Trinajstić information content (AvgIpc) is 2.97. The molecule has 3 rings (SSSR count). The lowest BCUT2D eigenvalue weighted by Gasteiger charge is -2.32. The molecule has 3 aromatic carbocycles. The smallest absolute Gasteiger partial charge is 0.243 e. The Morgan fingerprint density at radius 1 is 0.902 bits per heavy atom. The summed E-state index contributed by atoms with van der Waals surface area (Å²) in [7, 11) is -1.98. The van der Waals surface area contributed by atoms with Crippen molar-refractivity contribution in [3.8, 4) is 5.75 Å². The molecule has 0 aliphatic heterocycles. The molecule has 0 unspecified atom stereocenters. The number of nitrogens with one attached hydrogen (secondary N) is 1. The summed E-state index contributed by atoms with van der Waals surface area (Å²) in [6.07, 6.45) is 2.74. The first-order valence-corrected chi connectivity index (χ1v) is 15.8. The van der Waals surface area contributed by atoms with E-state index in [9.17, 15) is 18.0 Å². The van der Waals surface area contributed by atoms with Gasteiger partial charge in [0.15, 0.2) is 0 Å². The van der Waals surface area contributed by atoms with Gasteiger partial charge in [-0.05, 0) is 60.7 Å². The Morgan fingerprint density at radius 2 is 1.59 bits per heavy atom. The predicted molar refractivity (Wildman–Crippen MR) is 163 cm³/mol. The van der Waals surface area contributed by atoms with Crippen molar-refractivity contribution in [1.82, 2.24) is 10.2 Å². The number of hydrogen-bond donors (Lipinski definition) is 1. The number of carbonyl (C=O) groups excluding carboxylic acids is 2. The average molecular weight is 580 g/mol. The number of hydrogen-bond acceptors (Lipinski definition) is 5. The first kappa shape index (κ1) is 31.7. The molecular weight excluding hydrogens is 538 g/mol. The van der Waals surface area contributed by atoms with Gasteiger partial charge in [-0.2, -0.15) is 0 Å². The fourth-order valence-electron chi connectivity index (χ4n) is 4.72. The van der Waals surface area contributed by atoms with Gasteiger partial charge in [-0.1, -0.05) is 61.5 Å². The first-order chi connectivity index (χ1) is 19.7. The highest BCUT2D eigenvalue weighted by Crippen LogP contribution is 2.22. The van der Waals surface area contributed by atoms with E-state index in [0.717, 1.165) is 23.1 Å². The largest absolute Gasteiger partial charge is 0.497 e. The highest BCUT2D eigenvalue weighted by molar-refractivity contribution is 7.92. The third kappa shape index (κ3) is 9.35. The molecule has 0 fully saturated rings. The third-order valence-corrected chi connectivity index (χ3v) is 8.09. The molecule has 0 bridgehead atoms. The zero-order chi connectivity index (χ0) is 29.8. The van der Waals surface area contributed by atoms with Crippen LogP contribution in [0.25, 0.3) is 0 Å². The van der Waals surface area contributed by atoms with E-state index in [1.54, 1.807) is 24.1 Å². The molecule has 1 N–H and O–H groups in total. The number of nitrogens with zero attached hydrogens (tertiary/aromatic N) is 2. The molecule has 0 saturated carbocycles. The second-order valence-corrected chi connectivity index (χ2v) is 11.8. The van der Waals surface area contributed by atoms with Crippen LogP contribution < -0.4 is 14.4 Å². The molecule has 0 aliphatic carbocycles. The zero-order valence-electron chi connectivity index (χ0n) is 24.4. The van der Waals surface area contributed by atoms with E-state index >= 15 is 0 Å². The van der Waals surface area contributed by atoms with E-state index in [2.05, 4.69) is 5.32 Å². The van der Waals surface area contributed by atoms with Crippen LogP contribution in [0.5, 0.6) is 5.75 Å². The van der Waals surface area contributed by atoms with Gasteiger partial charge < -0.3 is 15.0 Å². The van der Waals surface area contributed by atoms with Crippen LogP contribution in [0.2, 0.25) is 0 Å². The topological polar surface area (TPSA) is 96.0 Å². The van der Waals surface area contributed by atoms with E-state index in [1.807, 2.05) is 80.6 Å². The Bertz CT molecular complexity index is 1380. The maximum Gasteiger partial charge on any atom is 0.243 e. The van der Waals surface area contributed by atoms with Crippen LogP contribution in [-0.4, -0.2) is 57.6 Å². The molecule has 9 heteroatoms. The van der Waals surface area contributed by atoms with Gasteiger partial charge in [0, 0.05) is 32.5 Å². The summed E-state index contributed by atoms with van der Waals surface area (Å²) in [6, 6.07) is 23.7. The van der Waals surface area contributed by atoms with Gasteiger partial charge >= 0.3 is 0 Å². The van der Waals surface area contributed by atoms with Gasteiger partial charge in [0.05, 0.1) is 19.1 Å². The third-order valence-electron chi connectivity index (χ3n) is 6.89. The number of rotatable bonds is 15. The molecule has 41 heavy (non-hydrogen) atoms. The number of methoxy groups -OCH3 is 1. The number of amides is 2. The van der Waals surface area contributed by atoms with E-state index in [-0.39, 0.29) is 31.3 Å². The summed E-state index contributed by atoms with van der Waals surface area (Å²) in [5.41, 5.74) is 3.44. The molecule has 0 heterocycles. The minimum Gasteiger partial charge on any atom is -0.497 e. The molecule has 0 spiro atoms. The van der Waals surface area contributed by atoms with Gasteiger partial charge in [-0.3, -0.25) is 13.9 Å². The SMILES string of the molecule is CCNC(=O)[C@@H](Cc1ccccc1)N(Cc1cccc(OC)c1)C(=O)CCCN(c1ccc(CC)cc1)S(C)(=O)=O. The summed E-state index contributed by atoms with van der Waals surface area (Å²) in [5, 5.41) is 2.89. The summed E-state index contributed by atoms with van der Waals surface area (Å²) in [5.74, 6) is 0.196. The lowest BCUT2D eigenvalue weighted by Crippen LogP contribution is -2.50. The fourth-order valence-corrected chi connectivity index (χ4v) is 5.68. The molecule has 3 aromatic rings. The maximum atomic E-state index is 13.8. The Kier molecular flexibility index (Phi) is 11.8. The lowest BCUT2D eigenvalue weighted by atomic mass is 10.0. The normalized spacial score (nSPS) is 11.9. The van der Waals surface area contributed by atoms with Crippen LogP contribution in [0.4, 0.5) is 5.69 Å². The van der Waals surface area contributed by atoms with Gasteiger partial charge in [0.25, 0.3) is 0 Å². The monoisotopic (exact) mass is 579 g/mol. The van der Waals surface area contributed by atoms with Crippen LogP contribution in [-0.2, 0) is 39.0 Å². The van der Waals surface area contributed by atoms with Crippen LogP contribution in [0.3, 0.4) is 0 Å². The maximum absolute atomic E-state index is 13.8. The van der Waals surface area contributed by atoms with Crippen molar-refractivity contribution < 1.29 is 22.7 Å². The number of benzene rings is 3. The Labute approximate surface area is 244 Å². The van der Waals surface area contributed by atoms with Gasteiger partial charge in [-0.15, -0.1) is 0 Å². The fraction of sp³-hybridized carbons (Fsp3) is 0.375. The number of likely N-dealkylation sites (N-methyl/N-ethyl adjacent to an activating group) is 1. The van der Waals surface area contributed by atoms with E-state index in [4.69, 9.17) is 4.74 Å². The molecule has 0 aromatic heterocycles. The zero-order valence-corrected chi connectivity index (χ0v) is 25.2. The summed E-state index contributed by atoms with van der Waals surface area (Å²) >= 11 is 0. The summed E-state index contributed by atoms with van der Waals surface area (Å²) < 4.78 is 32.0. The Hall–Kier alpha value is -3.85. The minimum absolute atomic E-state index is 0.0771. The number of aryl methyl sites for hydroxylation is 1. The molecule has 1 atom stereocenters.